The standard InChI is InChI=1S/C28H27NO5/c1-5-34-21-14-12-19(13-15-21)26(30)24-25(20-9-7-10-22(16-20)33-4)29(28(32)27(24)31)23-11-6-8-17(2)18(23)3/h6-16,25,30H,5H2,1-4H3/b26-24+. The van der Waals surface area contributed by atoms with Gasteiger partial charge in [-0.25, -0.2) is 0 Å². The number of Topliss-reactive ketones (excluding diaryl/α,β-unsaturated/α-hetero) is 1. The van der Waals surface area contributed by atoms with Crippen molar-refractivity contribution >= 4 is 23.1 Å². The van der Waals surface area contributed by atoms with Gasteiger partial charge in [-0.15, -0.1) is 0 Å². The lowest BCUT2D eigenvalue weighted by Crippen LogP contribution is -2.30. The number of carbonyl (C=O) groups excluding carboxylic acids is 2. The maximum Gasteiger partial charge on any atom is 0.300 e. The van der Waals surface area contributed by atoms with Gasteiger partial charge in [0, 0.05) is 11.3 Å². The fraction of sp³-hybridized carbons (Fsp3) is 0.214. The Labute approximate surface area is 199 Å². The molecule has 3 aromatic rings. The summed E-state index contributed by atoms with van der Waals surface area (Å²) in [5.74, 6) is -0.416. The smallest absolute Gasteiger partial charge is 0.300 e. The molecule has 6 nitrogen and oxygen atoms in total. The first-order chi connectivity index (χ1) is 16.4. The number of hydrogen-bond acceptors (Lipinski definition) is 5. The molecule has 0 aliphatic carbocycles. The highest BCUT2D eigenvalue weighted by molar-refractivity contribution is 6.51. The molecule has 0 bridgehead atoms. The second-order valence-corrected chi connectivity index (χ2v) is 8.12. The summed E-state index contributed by atoms with van der Waals surface area (Å²) < 4.78 is 10.9. The van der Waals surface area contributed by atoms with Crippen molar-refractivity contribution < 1.29 is 24.2 Å². The van der Waals surface area contributed by atoms with E-state index < -0.39 is 17.7 Å². The molecule has 1 unspecified atom stereocenters. The lowest BCUT2D eigenvalue weighted by molar-refractivity contribution is -0.132. The molecule has 34 heavy (non-hydrogen) atoms. The number of rotatable bonds is 6. The predicted octanol–water partition coefficient (Wildman–Crippen LogP) is 5.34. The van der Waals surface area contributed by atoms with Crippen LogP contribution in [0.5, 0.6) is 11.5 Å². The van der Waals surface area contributed by atoms with Gasteiger partial charge in [0.05, 0.1) is 25.3 Å². The number of nitrogens with zero attached hydrogens (tertiary/aromatic N) is 1. The number of hydrogen-bond donors (Lipinski definition) is 1. The first-order valence-electron chi connectivity index (χ1n) is 11.1. The summed E-state index contributed by atoms with van der Waals surface area (Å²) in [6, 6.07) is 18.8. The van der Waals surface area contributed by atoms with Crippen molar-refractivity contribution in [3.63, 3.8) is 0 Å². The van der Waals surface area contributed by atoms with Gasteiger partial charge in [0.25, 0.3) is 11.7 Å². The van der Waals surface area contributed by atoms with E-state index in [0.29, 0.717) is 34.9 Å². The number of aliphatic hydroxyl groups is 1. The molecule has 0 spiro atoms. The Bertz CT molecular complexity index is 1280. The van der Waals surface area contributed by atoms with E-state index in [1.165, 1.54) is 4.90 Å². The minimum Gasteiger partial charge on any atom is -0.507 e. The van der Waals surface area contributed by atoms with Gasteiger partial charge in [-0.3, -0.25) is 14.5 Å². The van der Waals surface area contributed by atoms with Gasteiger partial charge in [-0.05, 0) is 79.9 Å². The van der Waals surface area contributed by atoms with E-state index in [2.05, 4.69) is 0 Å². The van der Waals surface area contributed by atoms with E-state index >= 15 is 0 Å². The normalized spacial score (nSPS) is 17.2. The molecule has 0 radical (unpaired) electrons. The third-order valence-corrected chi connectivity index (χ3v) is 6.13. The molecule has 4 rings (SSSR count). The zero-order valence-corrected chi connectivity index (χ0v) is 19.7. The number of amides is 1. The Balaban J connectivity index is 1.94. The highest BCUT2D eigenvalue weighted by Gasteiger charge is 2.47. The zero-order valence-electron chi connectivity index (χ0n) is 19.7. The predicted molar refractivity (Wildman–Crippen MR) is 131 cm³/mol. The Morgan fingerprint density at radius 1 is 0.971 bits per heavy atom. The molecule has 1 heterocycles. The minimum absolute atomic E-state index is 0.0309. The van der Waals surface area contributed by atoms with E-state index in [1.54, 1.807) is 49.6 Å². The Morgan fingerprint density at radius 2 is 1.68 bits per heavy atom. The average Bonchev–Trinajstić information content (AvgIpc) is 3.11. The molecule has 0 saturated carbocycles. The number of carbonyl (C=O) groups is 2. The first kappa shape index (κ1) is 23.1. The highest BCUT2D eigenvalue weighted by Crippen LogP contribution is 2.44. The van der Waals surface area contributed by atoms with E-state index in [1.807, 2.05) is 45.0 Å². The number of ketones is 1. The Hall–Kier alpha value is -4.06. The van der Waals surface area contributed by atoms with E-state index in [-0.39, 0.29) is 11.3 Å². The van der Waals surface area contributed by atoms with Gasteiger partial charge in [0.2, 0.25) is 0 Å². The van der Waals surface area contributed by atoms with Gasteiger partial charge in [-0.1, -0.05) is 24.3 Å². The monoisotopic (exact) mass is 457 g/mol. The van der Waals surface area contributed by atoms with Crippen LogP contribution in [0.25, 0.3) is 5.76 Å². The van der Waals surface area contributed by atoms with Crippen LogP contribution in [0.1, 0.15) is 35.2 Å². The Kier molecular flexibility index (Phi) is 6.41. The first-order valence-corrected chi connectivity index (χ1v) is 11.1. The van der Waals surface area contributed by atoms with Crippen molar-refractivity contribution in [1.82, 2.24) is 0 Å². The van der Waals surface area contributed by atoms with Crippen molar-refractivity contribution in [2.75, 3.05) is 18.6 Å². The van der Waals surface area contributed by atoms with Crippen LogP contribution < -0.4 is 14.4 Å². The molecule has 1 aliphatic rings. The fourth-order valence-electron chi connectivity index (χ4n) is 4.24. The van der Waals surface area contributed by atoms with Crippen LogP contribution in [0, 0.1) is 13.8 Å². The largest absolute Gasteiger partial charge is 0.507 e. The quantitative estimate of drug-likeness (QED) is 0.307. The van der Waals surface area contributed by atoms with Gasteiger partial charge in [-0.2, -0.15) is 0 Å². The molecule has 1 saturated heterocycles. The number of methoxy groups -OCH3 is 1. The van der Waals surface area contributed by atoms with Crippen molar-refractivity contribution in [2.45, 2.75) is 26.8 Å². The average molecular weight is 458 g/mol. The molecule has 1 aliphatic heterocycles. The second kappa shape index (κ2) is 9.43. The summed E-state index contributed by atoms with van der Waals surface area (Å²) >= 11 is 0. The topological polar surface area (TPSA) is 76.1 Å². The number of aliphatic hydroxyl groups excluding tert-OH is 1. The molecule has 174 valence electrons. The molecule has 6 heteroatoms. The van der Waals surface area contributed by atoms with Crippen LogP contribution in [0.2, 0.25) is 0 Å². The summed E-state index contributed by atoms with van der Waals surface area (Å²) in [6.07, 6.45) is 0. The lowest BCUT2D eigenvalue weighted by Gasteiger charge is -2.27. The maximum atomic E-state index is 13.4. The van der Waals surface area contributed by atoms with Crippen LogP contribution in [-0.2, 0) is 9.59 Å². The molecule has 1 atom stereocenters. The summed E-state index contributed by atoms with van der Waals surface area (Å²) in [5, 5.41) is 11.3. The third-order valence-electron chi connectivity index (χ3n) is 6.13. The van der Waals surface area contributed by atoms with E-state index in [9.17, 15) is 14.7 Å². The van der Waals surface area contributed by atoms with Gasteiger partial charge >= 0.3 is 0 Å². The summed E-state index contributed by atoms with van der Waals surface area (Å²) in [5.41, 5.74) is 3.62. The number of ether oxygens (including phenoxy) is 2. The van der Waals surface area contributed by atoms with Crippen molar-refractivity contribution in [2.24, 2.45) is 0 Å². The molecule has 1 N–H and O–H groups in total. The minimum atomic E-state index is -0.817. The van der Waals surface area contributed by atoms with E-state index in [0.717, 1.165) is 11.1 Å². The van der Waals surface area contributed by atoms with E-state index in [4.69, 9.17) is 9.47 Å². The number of anilines is 1. The summed E-state index contributed by atoms with van der Waals surface area (Å²) in [7, 11) is 1.56. The van der Waals surface area contributed by atoms with Gasteiger partial charge in [0.15, 0.2) is 0 Å². The van der Waals surface area contributed by atoms with Crippen LogP contribution in [0.3, 0.4) is 0 Å². The van der Waals surface area contributed by atoms with Crippen molar-refractivity contribution in [1.29, 1.82) is 0 Å². The van der Waals surface area contributed by atoms with Crippen LogP contribution in [0.15, 0.2) is 72.3 Å². The maximum absolute atomic E-state index is 13.4. The SMILES string of the molecule is CCOc1ccc(/C(O)=C2\C(=O)C(=O)N(c3cccc(C)c3C)C2c2cccc(OC)c2)cc1. The van der Waals surface area contributed by atoms with Gasteiger partial charge < -0.3 is 14.6 Å². The zero-order chi connectivity index (χ0) is 24.4. The molecule has 1 amide bonds. The van der Waals surface area contributed by atoms with Crippen LogP contribution in [-0.4, -0.2) is 30.5 Å². The molecule has 3 aromatic carbocycles. The summed E-state index contributed by atoms with van der Waals surface area (Å²) in [6.45, 7) is 6.27. The van der Waals surface area contributed by atoms with Gasteiger partial charge in [0.1, 0.15) is 17.3 Å². The van der Waals surface area contributed by atoms with Crippen LogP contribution in [0.4, 0.5) is 5.69 Å². The Morgan fingerprint density at radius 3 is 2.35 bits per heavy atom. The highest BCUT2D eigenvalue weighted by atomic mass is 16.5. The number of aryl methyl sites for hydroxylation is 1. The summed E-state index contributed by atoms with van der Waals surface area (Å²) in [4.78, 5) is 28.2. The molecule has 0 aromatic heterocycles. The molecule has 1 fully saturated rings. The van der Waals surface area contributed by atoms with Crippen molar-refractivity contribution in [3.8, 4) is 11.5 Å². The lowest BCUT2D eigenvalue weighted by atomic mass is 9.94. The molecular formula is C28H27NO5. The number of benzene rings is 3. The second-order valence-electron chi connectivity index (χ2n) is 8.12. The van der Waals surface area contributed by atoms with Crippen LogP contribution >= 0.6 is 0 Å². The third kappa shape index (κ3) is 4.03. The molecular weight excluding hydrogens is 430 g/mol. The fourth-order valence-corrected chi connectivity index (χ4v) is 4.24. The van der Waals surface area contributed by atoms with Crippen molar-refractivity contribution in [3.05, 3.63) is 94.6 Å².